The van der Waals surface area contributed by atoms with Gasteiger partial charge in [-0.1, -0.05) is 0 Å². The normalized spacial score (nSPS) is 18.6. The van der Waals surface area contributed by atoms with Gasteiger partial charge in [0.1, 0.15) is 11.9 Å². The molecule has 1 rings (SSSR count). The molecule has 0 bridgehead atoms. The standard InChI is InChI=1S/C10H19O5P/c1-13-16(12,14-2)8-10(11)7-9-3-5-15-6-4-9/h9H,3-8H2,1-2H3. The number of ketones is 1. The second-order valence-electron chi connectivity index (χ2n) is 3.93. The summed E-state index contributed by atoms with van der Waals surface area (Å²) in [5.74, 6) is 0.294. The summed E-state index contributed by atoms with van der Waals surface area (Å²) in [6.45, 7) is 1.42. The van der Waals surface area contributed by atoms with E-state index in [9.17, 15) is 9.36 Å². The number of Topliss-reactive ketones (excluding diaryl/α,β-unsaturated/α-hetero) is 1. The van der Waals surface area contributed by atoms with E-state index in [0.29, 0.717) is 25.6 Å². The highest BCUT2D eigenvalue weighted by Crippen LogP contribution is 2.46. The molecule has 5 nitrogen and oxygen atoms in total. The molecule has 6 heteroatoms. The van der Waals surface area contributed by atoms with Gasteiger partial charge in [0.25, 0.3) is 0 Å². The first-order valence-electron chi connectivity index (χ1n) is 5.39. The highest BCUT2D eigenvalue weighted by Gasteiger charge is 2.27. The Labute approximate surface area is 96.0 Å². The van der Waals surface area contributed by atoms with Gasteiger partial charge < -0.3 is 13.8 Å². The Bertz CT molecular complexity index is 264. The van der Waals surface area contributed by atoms with E-state index in [1.807, 2.05) is 0 Å². The molecule has 0 N–H and O–H groups in total. The van der Waals surface area contributed by atoms with Crippen LogP contribution in [0.4, 0.5) is 0 Å². The van der Waals surface area contributed by atoms with Gasteiger partial charge in [-0.25, -0.2) is 0 Å². The fourth-order valence-corrected chi connectivity index (χ4v) is 2.73. The van der Waals surface area contributed by atoms with Crippen LogP contribution in [0.5, 0.6) is 0 Å². The van der Waals surface area contributed by atoms with Crippen LogP contribution in [0.25, 0.3) is 0 Å². The Kier molecular flexibility index (Phi) is 5.62. The molecule has 1 aliphatic rings. The number of carbonyl (C=O) groups excluding carboxylic acids is 1. The molecule has 16 heavy (non-hydrogen) atoms. The van der Waals surface area contributed by atoms with Crippen LogP contribution >= 0.6 is 7.60 Å². The van der Waals surface area contributed by atoms with Crippen LogP contribution in [-0.2, 0) is 23.1 Å². The Morgan fingerprint density at radius 1 is 1.31 bits per heavy atom. The summed E-state index contributed by atoms with van der Waals surface area (Å²) in [5.41, 5.74) is 0. The number of hydrogen-bond donors (Lipinski definition) is 0. The number of hydrogen-bond acceptors (Lipinski definition) is 5. The molecule has 0 aromatic rings. The van der Waals surface area contributed by atoms with Gasteiger partial charge in [-0.2, -0.15) is 0 Å². The number of rotatable bonds is 6. The Balaban J connectivity index is 2.37. The van der Waals surface area contributed by atoms with Crippen LogP contribution < -0.4 is 0 Å². The fourth-order valence-electron chi connectivity index (χ4n) is 1.76. The predicted molar refractivity (Wildman–Crippen MR) is 59.7 cm³/mol. The molecular weight excluding hydrogens is 231 g/mol. The average molecular weight is 250 g/mol. The lowest BCUT2D eigenvalue weighted by molar-refractivity contribution is -0.118. The third-order valence-corrected chi connectivity index (χ3v) is 4.64. The van der Waals surface area contributed by atoms with Gasteiger partial charge in [-0.3, -0.25) is 9.36 Å². The van der Waals surface area contributed by atoms with Crippen molar-refractivity contribution in [3.8, 4) is 0 Å². The van der Waals surface area contributed by atoms with Crippen molar-refractivity contribution < 1.29 is 23.1 Å². The first-order valence-corrected chi connectivity index (χ1v) is 7.12. The van der Waals surface area contributed by atoms with Gasteiger partial charge in [0.05, 0.1) is 0 Å². The highest BCUT2D eigenvalue weighted by atomic mass is 31.2. The van der Waals surface area contributed by atoms with Crippen LogP contribution in [0, 0.1) is 5.92 Å². The van der Waals surface area contributed by atoms with Crippen LogP contribution in [0.15, 0.2) is 0 Å². The Morgan fingerprint density at radius 2 is 1.88 bits per heavy atom. The van der Waals surface area contributed by atoms with Crippen molar-refractivity contribution in [3.05, 3.63) is 0 Å². The van der Waals surface area contributed by atoms with E-state index in [0.717, 1.165) is 12.8 Å². The Hall–Kier alpha value is -0.220. The molecule has 0 atom stereocenters. The third-order valence-electron chi connectivity index (χ3n) is 2.78. The fraction of sp³-hybridized carbons (Fsp3) is 0.900. The molecule has 1 saturated heterocycles. The van der Waals surface area contributed by atoms with Gasteiger partial charge >= 0.3 is 7.60 Å². The van der Waals surface area contributed by atoms with Crippen molar-refractivity contribution in [1.82, 2.24) is 0 Å². The van der Waals surface area contributed by atoms with E-state index in [-0.39, 0.29) is 11.9 Å². The van der Waals surface area contributed by atoms with Crippen LogP contribution in [0.3, 0.4) is 0 Å². The molecule has 0 aromatic heterocycles. The van der Waals surface area contributed by atoms with E-state index in [2.05, 4.69) is 0 Å². The first kappa shape index (κ1) is 13.8. The quantitative estimate of drug-likeness (QED) is 0.673. The highest BCUT2D eigenvalue weighted by molar-refractivity contribution is 7.54. The molecule has 0 aliphatic carbocycles. The minimum atomic E-state index is -3.19. The SMILES string of the molecule is COP(=O)(CC(=O)CC1CCOCC1)OC. The maximum atomic E-state index is 11.7. The zero-order valence-electron chi connectivity index (χ0n) is 9.81. The largest absolute Gasteiger partial charge is 0.381 e. The van der Waals surface area contributed by atoms with Gasteiger partial charge in [0, 0.05) is 33.9 Å². The van der Waals surface area contributed by atoms with Crippen molar-refractivity contribution in [2.45, 2.75) is 19.3 Å². The number of ether oxygens (including phenoxy) is 1. The van der Waals surface area contributed by atoms with E-state index >= 15 is 0 Å². The van der Waals surface area contributed by atoms with E-state index in [4.69, 9.17) is 13.8 Å². The van der Waals surface area contributed by atoms with Crippen LogP contribution in [-0.4, -0.2) is 39.4 Å². The molecule has 1 heterocycles. The first-order chi connectivity index (χ1) is 7.59. The monoisotopic (exact) mass is 250 g/mol. The van der Waals surface area contributed by atoms with E-state index in [1.165, 1.54) is 14.2 Å². The summed E-state index contributed by atoms with van der Waals surface area (Å²) in [6, 6.07) is 0. The lowest BCUT2D eigenvalue weighted by Gasteiger charge is -2.21. The second-order valence-corrected chi connectivity index (χ2v) is 6.20. The molecule has 0 radical (unpaired) electrons. The third kappa shape index (κ3) is 4.34. The minimum Gasteiger partial charge on any atom is -0.381 e. The molecule has 94 valence electrons. The lowest BCUT2D eigenvalue weighted by atomic mass is 9.95. The van der Waals surface area contributed by atoms with Crippen molar-refractivity contribution in [2.24, 2.45) is 5.92 Å². The summed E-state index contributed by atoms with van der Waals surface area (Å²) >= 11 is 0. The topological polar surface area (TPSA) is 61.8 Å². The maximum Gasteiger partial charge on any atom is 0.337 e. The summed E-state index contributed by atoms with van der Waals surface area (Å²) in [5, 5.41) is 0. The van der Waals surface area contributed by atoms with E-state index < -0.39 is 7.60 Å². The summed E-state index contributed by atoms with van der Waals surface area (Å²) in [7, 11) is -0.590. The van der Waals surface area contributed by atoms with Crippen molar-refractivity contribution in [3.63, 3.8) is 0 Å². The van der Waals surface area contributed by atoms with Crippen molar-refractivity contribution in [1.29, 1.82) is 0 Å². The molecule has 0 unspecified atom stereocenters. The Morgan fingerprint density at radius 3 is 2.38 bits per heavy atom. The molecule has 0 aromatic carbocycles. The maximum absolute atomic E-state index is 11.7. The van der Waals surface area contributed by atoms with Gasteiger partial charge in [-0.15, -0.1) is 0 Å². The van der Waals surface area contributed by atoms with Crippen molar-refractivity contribution >= 4 is 13.4 Å². The number of carbonyl (C=O) groups is 1. The van der Waals surface area contributed by atoms with E-state index in [1.54, 1.807) is 0 Å². The molecule has 0 amide bonds. The van der Waals surface area contributed by atoms with Gasteiger partial charge in [0.15, 0.2) is 0 Å². The van der Waals surface area contributed by atoms with Crippen LogP contribution in [0.1, 0.15) is 19.3 Å². The minimum absolute atomic E-state index is 0.0565. The lowest BCUT2D eigenvalue weighted by Crippen LogP contribution is -2.20. The molecule has 1 fully saturated rings. The predicted octanol–water partition coefficient (Wildman–Crippen LogP) is 1.86. The molecule has 0 spiro atoms. The van der Waals surface area contributed by atoms with Crippen LogP contribution in [0.2, 0.25) is 0 Å². The van der Waals surface area contributed by atoms with Gasteiger partial charge in [0.2, 0.25) is 0 Å². The summed E-state index contributed by atoms with van der Waals surface area (Å²) in [4.78, 5) is 11.7. The molecular formula is C10H19O5P. The zero-order chi connectivity index (χ0) is 12.0. The van der Waals surface area contributed by atoms with Gasteiger partial charge in [-0.05, 0) is 18.8 Å². The van der Waals surface area contributed by atoms with Crippen molar-refractivity contribution in [2.75, 3.05) is 33.6 Å². The smallest absolute Gasteiger partial charge is 0.337 e. The second kappa shape index (κ2) is 6.50. The summed E-state index contributed by atoms with van der Waals surface area (Å²) < 4.78 is 26.4. The molecule has 1 aliphatic heterocycles. The average Bonchev–Trinajstić information content (AvgIpc) is 2.30. The summed E-state index contributed by atoms with van der Waals surface area (Å²) in [6.07, 6.45) is 2.11. The molecule has 0 saturated carbocycles. The zero-order valence-corrected chi connectivity index (χ0v) is 10.7.